The van der Waals surface area contributed by atoms with E-state index >= 15 is 0 Å². The largest absolute Gasteiger partial charge is 0.325 e. The zero-order valence-corrected chi connectivity index (χ0v) is 9.11. The smallest absolute Gasteiger partial charge is 0.224 e. The monoisotopic (exact) mass is 231 g/mol. The van der Waals surface area contributed by atoms with Crippen LogP contribution < -0.4 is 5.32 Å². The van der Waals surface area contributed by atoms with Gasteiger partial charge in [0.2, 0.25) is 5.91 Å². The van der Waals surface area contributed by atoms with Gasteiger partial charge in [0.25, 0.3) is 0 Å². The van der Waals surface area contributed by atoms with Gasteiger partial charge in [0, 0.05) is 12.3 Å². The normalized spacial score (nSPS) is 9.86. The van der Waals surface area contributed by atoms with Crippen LogP contribution in [-0.2, 0) is 4.79 Å². The van der Waals surface area contributed by atoms with Gasteiger partial charge in [0.15, 0.2) is 0 Å². The standard InChI is InChI=1S/C10H11Cl2NO/c11-7-3-6-10(14)13-9-5-2-1-4-8(9)12/h1-2,4-5H,3,6-7H2,(H,13,14). The fraction of sp³-hybridized carbons (Fsp3) is 0.300. The van der Waals surface area contributed by atoms with Gasteiger partial charge in [-0.05, 0) is 18.6 Å². The molecule has 0 aliphatic carbocycles. The number of carbonyl (C=O) groups is 1. The number of anilines is 1. The number of hydrogen-bond acceptors (Lipinski definition) is 1. The van der Waals surface area contributed by atoms with Crippen LogP contribution in [0.4, 0.5) is 5.69 Å². The van der Waals surface area contributed by atoms with Gasteiger partial charge in [-0.1, -0.05) is 23.7 Å². The van der Waals surface area contributed by atoms with E-state index in [-0.39, 0.29) is 5.91 Å². The van der Waals surface area contributed by atoms with E-state index in [1.54, 1.807) is 12.1 Å². The zero-order valence-electron chi connectivity index (χ0n) is 7.59. The maximum Gasteiger partial charge on any atom is 0.224 e. The third-order valence-electron chi connectivity index (χ3n) is 1.69. The summed E-state index contributed by atoms with van der Waals surface area (Å²) < 4.78 is 0. The maximum atomic E-state index is 11.3. The quantitative estimate of drug-likeness (QED) is 0.793. The summed E-state index contributed by atoms with van der Waals surface area (Å²) in [4.78, 5) is 11.3. The van der Waals surface area contributed by atoms with Crippen LogP contribution in [0.1, 0.15) is 12.8 Å². The minimum absolute atomic E-state index is 0.0567. The summed E-state index contributed by atoms with van der Waals surface area (Å²) in [6, 6.07) is 7.14. The maximum absolute atomic E-state index is 11.3. The van der Waals surface area contributed by atoms with Crippen molar-refractivity contribution in [1.29, 1.82) is 0 Å². The van der Waals surface area contributed by atoms with Crippen molar-refractivity contribution < 1.29 is 4.79 Å². The predicted molar refractivity (Wildman–Crippen MR) is 60.0 cm³/mol. The fourth-order valence-corrected chi connectivity index (χ4v) is 1.32. The van der Waals surface area contributed by atoms with Crippen molar-refractivity contribution in [3.63, 3.8) is 0 Å². The van der Waals surface area contributed by atoms with Crippen molar-refractivity contribution in [2.75, 3.05) is 11.2 Å². The second-order valence-corrected chi connectivity index (χ2v) is 3.61. The lowest BCUT2D eigenvalue weighted by atomic mass is 10.3. The molecule has 14 heavy (non-hydrogen) atoms. The molecule has 1 aromatic carbocycles. The van der Waals surface area contributed by atoms with E-state index in [1.165, 1.54) is 0 Å². The van der Waals surface area contributed by atoms with Crippen molar-refractivity contribution in [1.82, 2.24) is 0 Å². The molecule has 0 atom stereocenters. The molecule has 2 nitrogen and oxygen atoms in total. The molecule has 0 spiro atoms. The SMILES string of the molecule is O=C(CCCCl)Nc1ccccc1Cl. The summed E-state index contributed by atoms with van der Waals surface area (Å²) in [7, 11) is 0. The zero-order chi connectivity index (χ0) is 10.4. The van der Waals surface area contributed by atoms with Crippen LogP contribution in [0.5, 0.6) is 0 Å². The molecule has 1 rings (SSSR count). The van der Waals surface area contributed by atoms with Gasteiger partial charge in [-0.2, -0.15) is 0 Å². The first-order valence-electron chi connectivity index (χ1n) is 4.34. The van der Waals surface area contributed by atoms with Crippen molar-refractivity contribution in [2.45, 2.75) is 12.8 Å². The van der Waals surface area contributed by atoms with Crippen molar-refractivity contribution in [2.24, 2.45) is 0 Å². The lowest BCUT2D eigenvalue weighted by Crippen LogP contribution is -2.11. The first-order chi connectivity index (χ1) is 6.74. The number of amides is 1. The van der Waals surface area contributed by atoms with E-state index in [0.717, 1.165) is 0 Å². The Kier molecular flexibility index (Phi) is 4.77. The summed E-state index contributed by atoms with van der Waals surface area (Å²) in [6.45, 7) is 0. The van der Waals surface area contributed by atoms with E-state index < -0.39 is 0 Å². The van der Waals surface area contributed by atoms with Crippen LogP contribution in [-0.4, -0.2) is 11.8 Å². The Morgan fingerprint density at radius 1 is 1.36 bits per heavy atom. The van der Waals surface area contributed by atoms with Crippen molar-refractivity contribution in [3.05, 3.63) is 29.3 Å². The van der Waals surface area contributed by atoms with E-state index in [4.69, 9.17) is 23.2 Å². The average Bonchev–Trinajstić information content (AvgIpc) is 2.18. The molecule has 0 aromatic heterocycles. The van der Waals surface area contributed by atoms with Crippen LogP contribution in [0.25, 0.3) is 0 Å². The van der Waals surface area contributed by atoms with Gasteiger partial charge in [-0.25, -0.2) is 0 Å². The molecule has 0 heterocycles. The van der Waals surface area contributed by atoms with Crippen LogP contribution in [0.2, 0.25) is 5.02 Å². The molecule has 0 unspecified atom stereocenters. The Hall–Kier alpha value is -0.730. The first kappa shape index (κ1) is 11.3. The lowest BCUT2D eigenvalue weighted by molar-refractivity contribution is -0.116. The van der Waals surface area contributed by atoms with Gasteiger partial charge < -0.3 is 5.32 Å². The molecule has 1 amide bonds. The molecule has 76 valence electrons. The summed E-state index contributed by atoms with van der Waals surface area (Å²) in [5.74, 6) is 0.439. The van der Waals surface area contributed by atoms with E-state index in [9.17, 15) is 4.79 Å². The summed E-state index contributed by atoms with van der Waals surface area (Å²) in [5, 5.41) is 3.26. The highest BCUT2D eigenvalue weighted by Crippen LogP contribution is 2.20. The summed E-state index contributed by atoms with van der Waals surface area (Å²) >= 11 is 11.3. The van der Waals surface area contributed by atoms with Gasteiger partial charge in [-0.3, -0.25) is 4.79 Å². The van der Waals surface area contributed by atoms with E-state index in [2.05, 4.69) is 5.32 Å². The third kappa shape index (κ3) is 3.56. The Labute approximate surface area is 93.2 Å². The van der Waals surface area contributed by atoms with Gasteiger partial charge in [-0.15, -0.1) is 11.6 Å². The second-order valence-electron chi connectivity index (χ2n) is 2.82. The van der Waals surface area contributed by atoms with E-state index in [1.807, 2.05) is 12.1 Å². The molecule has 0 saturated carbocycles. The number of benzene rings is 1. The number of rotatable bonds is 4. The molecule has 0 bridgehead atoms. The highest BCUT2D eigenvalue weighted by molar-refractivity contribution is 6.33. The van der Waals surface area contributed by atoms with E-state index in [0.29, 0.717) is 29.4 Å². The highest BCUT2D eigenvalue weighted by Gasteiger charge is 2.03. The molecule has 0 aliphatic rings. The minimum Gasteiger partial charge on any atom is -0.325 e. The van der Waals surface area contributed by atoms with Gasteiger partial charge >= 0.3 is 0 Å². The molecular formula is C10H11Cl2NO. The van der Waals surface area contributed by atoms with Crippen LogP contribution in [0.3, 0.4) is 0 Å². The third-order valence-corrected chi connectivity index (χ3v) is 2.28. The predicted octanol–water partition coefficient (Wildman–Crippen LogP) is 3.30. The van der Waals surface area contributed by atoms with Crippen molar-refractivity contribution in [3.8, 4) is 0 Å². The number of para-hydroxylation sites is 1. The Balaban J connectivity index is 2.52. The van der Waals surface area contributed by atoms with Gasteiger partial charge in [0.05, 0.1) is 10.7 Å². The Bertz CT molecular complexity index is 315. The first-order valence-corrected chi connectivity index (χ1v) is 5.25. The molecule has 0 saturated heterocycles. The fourth-order valence-electron chi connectivity index (χ4n) is 1.00. The number of alkyl halides is 1. The number of hydrogen-bond donors (Lipinski definition) is 1. The molecule has 4 heteroatoms. The van der Waals surface area contributed by atoms with Gasteiger partial charge in [0.1, 0.15) is 0 Å². The Morgan fingerprint density at radius 3 is 2.71 bits per heavy atom. The summed E-state index contributed by atoms with van der Waals surface area (Å²) in [6.07, 6.45) is 1.10. The second kappa shape index (κ2) is 5.89. The number of nitrogens with one attached hydrogen (secondary N) is 1. The lowest BCUT2D eigenvalue weighted by Gasteiger charge is -2.05. The molecule has 0 radical (unpaired) electrons. The van der Waals surface area contributed by atoms with Crippen LogP contribution >= 0.6 is 23.2 Å². The van der Waals surface area contributed by atoms with Crippen LogP contribution in [0.15, 0.2) is 24.3 Å². The van der Waals surface area contributed by atoms with Crippen LogP contribution in [0, 0.1) is 0 Å². The minimum atomic E-state index is -0.0567. The molecular weight excluding hydrogens is 221 g/mol. The average molecular weight is 232 g/mol. The molecule has 0 aliphatic heterocycles. The molecule has 1 aromatic rings. The molecule has 0 fully saturated rings. The highest BCUT2D eigenvalue weighted by atomic mass is 35.5. The van der Waals surface area contributed by atoms with Crippen molar-refractivity contribution >= 4 is 34.8 Å². The number of carbonyl (C=O) groups excluding carboxylic acids is 1. The summed E-state index contributed by atoms with van der Waals surface area (Å²) in [5.41, 5.74) is 0.647. The number of halogens is 2. The Morgan fingerprint density at radius 2 is 2.07 bits per heavy atom. The molecule has 1 N–H and O–H groups in total. The topological polar surface area (TPSA) is 29.1 Å².